The van der Waals surface area contributed by atoms with Crippen LogP contribution in [0.3, 0.4) is 0 Å². The third-order valence-electron chi connectivity index (χ3n) is 7.40. The largest absolute Gasteiger partial charge is 0.449 e. The highest BCUT2D eigenvalue weighted by molar-refractivity contribution is 7.51. The molecule has 0 bridgehead atoms. The predicted octanol–water partition coefficient (Wildman–Crippen LogP) is 1.25. The van der Waals surface area contributed by atoms with E-state index < -0.39 is 37.7 Å². The van der Waals surface area contributed by atoms with E-state index in [1.54, 1.807) is 0 Å². The van der Waals surface area contributed by atoms with Gasteiger partial charge in [-0.3, -0.25) is 14.2 Å². The quantitative estimate of drug-likeness (QED) is 0.259. The Hall–Kier alpha value is -3.58. The standard InChI is InChI=1S/C28H40N7O7P/c1-3-4-18-42-28(38)35-16-14-34(15-17-35)27(37)23(20-43(39,40)41)30-26(36)22-19-24(33-12-10-32(2)11-13-33)31-25(29-22)21-8-6-5-7-9-21/h5-9,19,23H,3-4,10-18,20H2,1-2H3,(H,30,36)(H2,39,40,41). The average molecular weight is 618 g/mol. The summed E-state index contributed by atoms with van der Waals surface area (Å²) in [4.78, 5) is 75.1. The number of ether oxygens (including phenoxy) is 1. The summed E-state index contributed by atoms with van der Waals surface area (Å²) in [6.45, 7) is 6.00. The third-order valence-corrected chi connectivity index (χ3v) is 8.24. The number of carbonyl (C=O) groups excluding carboxylic acids is 3. The highest BCUT2D eigenvalue weighted by Gasteiger charge is 2.35. The van der Waals surface area contributed by atoms with Gasteiger partial charge in [-0.1, -0.05) is 43.7 Å². The number of likely N-dealkylation sites (N-methyl/N-ethyl adjacent to an activating group) is 1. The van der Waals surface area contributed by atoms with Crippen LogP contribution in [0.4, 0.5) is 10.6 Å². The molecule has 1 aromatic heterocycles. The predicted molar refractivity (Wildman–Crippen MR) is 160 cm³/mol. The van der Waals surface area contributed by atoms with Gasteiger partial charge in [0.25, 0.3) is 5.91 Å². The average Bonchev–Trinajstić information content (AvgIpc) is 3.00. The van der Waals surface area contributed by atoms with Gasteiger partial charge in [0.2, 0.25) is 5.91 Å². The molecule has 2 aliphatic rings. The summed E-state index contributed by atoms with van der Waals surface area (Å²) >= 11 is 0. The minimum atomic E-state index is -4.71. The molecule has 15 heteroatoms. The minimum Gasteiger partial charge on any atom is -0.449 e. The van der Waals surface area contributed by atoms with Crippen LogP contribution in [-0.2, 0) is 14.1 Å². The lowest BCUT2D eigenvalue weighted by molar-refractivity contribution is -0.134. The molecule has 43 heavy (non-hydrogen) atoms. The van der Waals surface area contributed by atoms with Crippen LogP contribution in [0.2, 0.25) is 0 Å². The van der Waals surface area contributed by atoms with Gasteiger partial charge in [-0.15, -0.1) is 0 Å². The van der Waals surface area contributed by atoms with E-state index in [2.05, 4.69) is 20.1 Å². The van der Waals surface area contributed by atoms with Gasteiger partial charge in [0, 0.05) is 64.0 Å². The van der Waals surface area contributed by atoms with E-state index >= 15 is 0 Å². The van der Waals surface area contributed by atoms with Crippen LogP contribution in [0.1, 0.15) is 30.3 Å². The number of rotatable bonds is 10. The molecule has 0 spiro atoms. The summed E-state index contributed by atoms with van der Waals surface area (Å²) in [5, 5.41) is 2.53. The smallest absolute Gasteiger partial charge is 0.409 e. The van der Waals surface area contributed by atoms with E-state index in [9.17, 15) is 28.7 Å². The zero-order chi connectivity index (χ0) is 31.0. The van der Waals surface area contributed by atoms with Crippen LogP contribution in [-0.4, -0.2) is 131 Å². The van der Waals surface area contributed by atoms with Gasteiger partial charge < -0.3 is 39.4 Å². The van der Waals surface area contributed by atoms with Crippen LogP contribution in [0, 0.1) is 0 Å². The molecule has 2 saturated heterocycles. The Morgan fingerprint density at radius 2 is 1.63 bits per heavy atom. The van der Waals surface area contributed by atoms with Gasteiger partial charge in [-0.25, -0.2) is 14.8 Å². The second-order valence-corrected chi connectivity index (χ2v) is 12.4. The molecule has 14 nitrogen and oxygen atoms in total. The molecule has 2 aliphatic heterocycles. The number of nitrogens with zero attached hydrogens (tertiary/aromatic N) is 6. The molecule has 1 aromatic carbocycles. The van der Waals surface area contributed by atoms with Crippen molar-refractivity contribution in [3.63, 3.8) is 0 Å². The van der Waals surface area contributed by atoms with Gasteiger partial charge in [0.15, 0.2) is 5.82 Å². The highest BCUT2D eigenvalue weighted by Crippen LogP contribution is 2.35. The van der Waals surface area contributed by atoms with Crippen molar-refractivity contribution in [3.8, 4) is 11.4 Å². The lowest BCUT2D eigenvalue weighted by atomic mass is 10.2. The third kappa shape index (κ3) is 9.20. The van der Waals surface area contributed by atoms with Crippen molar-refractivity contribution in [1.29, 1.82) is 0 Å². The first kappa shape index (κ1) is 32.3. The van der Waals surface area contributed by atoms with E-state index in [1.807, 2.05) is 44.3 Å². The Kier molecular flexibility index (Phi) is 11.1. The maximum atomic E-state index is 13.5. The monoisotopic (exact) mass is 617 g/mol. The SMILES string of the molecule is CCCCOC(=O)N1CCN(C(=O)C(CP(=O)(O)O)NC(=O)c2cc(N3CCN(C)CC3)nc(-c3ccccc3)n2)CC1. The Morgan fingerprint density at radius 1 is 0.977 bits per heavy atom. The Bertz CT molecular complexity index is 1310. The van der Waals surface area contributed by atoms with Crippen LogP contribution < -0.4 is 10.2 Å². The molecule has 1 unspecified atom stereocenters. The Balaban J connectivity index is 1.52. The second-order valence-electron chi connectivity index (χ2n) is 10.7. The fourth-order valence-electron chi connectivity index (χ4n) is 4.85. The van der Waals surface area contributed by atoms with Crippen LogP contribution in [0.5, 0.6) is 0 Å². The maximum Gasteiger partial charge on any atom is 0.409 e. The molecule has 234 valence electrons. The fourth-order valence-corrected chi connectivity index (χ4v) is 5.57. The Labute approximate surface area is 251 Å². The molecule has 2 aromatic rings. The number of hydrogen-bond acceptors (Lipinski definition) is 9. The van der Waals surface area contributed by atoms with E-state index in [1.165, 1.54) is 15.9 Å². The van der Waals surface area contributed by atoms with Gasteiger partial charge >= 0.3 is 13.7 Å². The summed E-state index contributed by atoms with van der Waals surface area (Å²) in [5.74, 6) is -0.527. The number of piperazine rings is 2. The first-order valence-electron chi connectivity index (χ1n) is 14.5. The topological polar surface area (TPSA) is 169 Å². The molecule has 1 atom stereocenters. The molecule has 3 amide bonds. The molecule has 0 aliphatic carbocycles. The molecule has 0 radical (unpaired) electrons. The van der Waals surface area contributed by atoms with Crippen molar-refractivity contribution in [2.75, 3.05) is 77.1 Å². The number of nitrogens with one attached hydrogen (secondary N) is 1. The van der Waals surface area contributed by atoms with Gasteiger partial charge in [-0.2, -0.15) is 0 Å². The zero-order valence-corrected chi connectivity index (χ0v) is 25.5. The van der Waals surface area contributed by atoms with E-state index in [4.69, 9.17) is 9.72 Å². The second kappa shape index (κ2) is 14.7. The molecular weight excluding hydrogens is 577 g/mol. The lowest BCUT2D eigenvalue weighted by Crippen LogP contribution is -2.56. The van der Waals surface area contributed by atoms with Gasteiger partial charge in [0.05, 0.1) is 12.8 Å². The van der Waals surface area contributed by atoms with Crippen molar-refractivity contribution < 1.29 is 33.5 Å². The van der Waals surface area contributed by atoms with Crippen molar-refractivity contribution in [2.45, 2.75) is 25.8 Å². The van der Waals surface area contributed by atoms with Crippen molar-refractivity contribution in [3.05, 3.63) is 42.1 Å². The Morgan fingerprint density at radius 3 is 2.26 bits per heavy atom. The molecule has 3 N–H and O–H groups in total. The van der Waals surface area contributed by atoms with Crippen LogP contribution in [0.15, 0.2) is 36.4 Å². The van der Waals surface area contributed by atoms with Crippen LogP contribution >= 0.6 is 7.60 Å². The van der Waals surface area contributed by atoms with Crippen molar-refractivity contribution >= 4 is 31.3 Å². The molecule has 2 fully saturated rings. The number of carbonyl (C=O) groups is 3. The normalized spacial score (nSPS) is 17.0. The van der Waals surface area contributed by atoms with Crippen LogP contribution in [0.25, 0.3) is 11.4 Å². The molecule has 3 heterocycles. The summed E-state index contributed by atoms with van der Waals surface area (Å²) < 4.78 is 17.2. The molecule has 4 rings (SSSR count). The highest BCUT2D eigenvalue weighted by atomic mass is 31.2. The molecule has 0 saturated carbocycles. The van der Waals surface area contributed by atoms with Gasteiger partial charge in [0.1, 0.15) is 17.6 Å². The number of benzene rings is 1. The lowest BCUT2D eigenvalue weighted by Gasteiger charge is -2.36. The number of anilines is 1. The number of hydrogen-bond donors (Lipinski definition) is 3. The first-order chi connectivity index (χ1) is 20.5. The van der Waals surface area contributed by atoms with E-state index in [-0.39, 0.29) is 31.9 Å². The number of aromatic nitrogens is 2. The summed E-state index contributed by atoms with van der Waals surface area (Å²) in [6.07, 6.45) is 0.305. The fraction of sp³-hybridized carbons (Fsp3) is 0.536. The molecular formula is C28H40N7O7P. The first-order valence-corrected chi connectivity index (χ1v) is 16.3. The van der Waals surface area contributed by atoms with Gasteiger partial charge in [-0.05, 0) is 13.5 Å². The maximum absolute atomic E-state index is 13.5. The van der Waals surface area contributed by atoms with Crippen molar-refractivity contribution in [1.82, 2.24) is 30.0 Å². The number of unbranched alkanes of at least 4 members (excludes halogenated alkanes) is 1. The van der Waals surface area contributed by atoms with E-state index in [0.717, 1.165) is 25.9 Å². The summed E-state index contributed by atoms with van der Waals surface area (Å²) in [6, 6.07) is 9.21. The minimum absolute atomic E-state index is 0.0223. The van der Waals surface area contributed by atoms with E-state index in [0.29, 0.717) is 36.9 Å². The van der Waals surface area contributed by atoms with Crippen molar-refractivity contribution in [2.24, 2.45) is 0 Å². The zero-order valence-electron chi connectivity index (χ0n) is 24.6. The summed E-state index contributed by atoms with van der Waals surface area (Å²) in [7, 11) is -2.67. The number of amides is 3. The summed E-state index contributed by atoms with van der Waals surface area (Å²) in [5.41, 5.74) is 0.674.